The van der Waals surface area contributed by atoms with Crippen molar-refractivity contribution in [3.63, 3.8) is 0 Å². The van der Waals surface area contributed by atoms with Crippen molar-refractivity contribution in [2.75, 3.05) is 37.6 Å². The molecule has 2 aliphatic heterocycles. The second kappa shape index (κ2) is 8.55. The van der Waals surface area contributed by atoms with Crippen molar-refractivity contribution in [1.82, 2.24) is 24.6 Å². The van der Waals surface area contributed by atoms with E-state index in [1.807, 2.05) is 52.9 Å². The number of fused-ring (bicyclic) bond motifs is 1. The summed E-state index contributed by atoms with van der Waals surface area (Å²) in [5.74, 6) is 0.0833. The van der Waals surface area contributed by atoms with Gasteiger partial charge in [-0.25, -0.2) is 0 Å². The molecule has 2 aliphatic rings. The highest BCUT2D eigenvalue weighted by atomic mass is 16.2. The molecule has 2 aromatic heterocycles. The van der Waals surface area contributed by atoms with Crippen molar-refractivity contribution in [3.05, 3.63) is 84.3 Å². The molecule has 1 N–H and O–H groups in total. The Labute approximate surface area is 210 Å². The molecule has 6 rings (SSSR count). The summed E-state index contributed by atoms with van der Waals surface area (Å²) in [6, 6.07) is 20.4. The van der Waals surface area contributed by atoms with Crippen LogP contribution in [-0.4, -0.2) is 63.8 Å². The maximum Gasteiger partial charge on any atom is 0.270 e. The van der Waals surface area contributed by atoms with Crippen LogP contribution in [0, 0.1) is 11.3 Å². The van der Waals surface area contributed by atoms with E-state index in [0.29, 0.717) is 30.9 Å². The van der Waals surface area contributed by atoms with Crippen LogP contribution in [0.5, 0.6) is 0 Å². The first-order chi connectivity index (χ1) is 17.4. The van der Waals surface area contributed by atoms with Gasteiger partial charge in [0.2, 0.25) is 0 Å². The fraction of sp³-hybridized carbons (Fsp3) is 0.321. The Morgan fingerprint density at radius 2 is 1.78 bits per heavy atom. The molecule has 2 saturated heterocycles. The van der Waals surface area contributed by atoms with Gasteiger partial charge in [0.05, 0.1) is 11.8 Å². The molecule has 1 spiro atoms. The minimum Gasteiger partial charge on any atom is -0.370 e. The first-order valence-electron chi connectivity index (χ1n) is 12.3. The van der Waals surface area contributed by atoms with Gasteiger partial charge in [0.25, 0.3) is 11.8 Å². The molecule has 184 valence electrons. The third-order valence-corrected chi connectivity index (χ3v) is 7.88. The number of likely N-dealkylation sites (tertiary alicyclic amines) is 1. The predicted molar refractivity (Wildman–Crippen MR) is 139 cm³/mol. The number of para-hydroxylation sites is 2. The fourth-order valence-corrected chi connectivity index (χ4v) is 5.88. The zero-order chi connectivity index (χ0) is 24.9. The second-order valence-corrected chi connectivity index (χ2v) is 10.2. The van der Waals surface area contributed by atoms with Gasteiger partial charge in [-0.1, -0.05) is 36.4 Å². The van der Waals surface area contributed by atoms with E-state index in [1.165, 1.54) is 5.69 Å². The summed E-state index contributed by atoms with van der Waals surface area (Å²) in [4.78, 5) is 30.8. The number of nitrogens with one attached hydrogen (secondary N) is 1. The Balaban J connectivity index is 1.23. The summed E-state index contributed by atoms with van der Waals surface area (Å²) in [6.07, 6.45) is 3.30. The molecule has 4 heterocycles. The topological polar surface area (TPSA) is 75.4 Å². The summed E-state index contributed by atoms with van der Waals surface area (Å²) in [7, 11) is 3.75. The van der Waals surface area contributed by atoms with Gasteiger partial charge in [-0.2, -0.15) is 5.10 Å². The molecule has 0 aliphatic carbocycles. The van der Waals surface area contributed by atoms with E-state index in [-0.39, 0.29) is 23.1 Å². The highest BCUT2D eigenvalue weighted by molar-refractivity contribution is 5.99. The number of aromatic nitrogens is 3. The molecule has 0 saturated carbocycles. The van der Waals surface area contributed by atoms with Crippen LogP contribution in [-0.2, 0) is 14.1 Å². The third kappa shape index (κ3) is 3.73. The van der Waals surface area contributed by atoms with Crippen molar-refractivity contribution in [2.45, 2.75) is 0 Å². The monoisotopic (exact) mass is 482 g/mol. The quantitative estimate of drug-likeness (QED) is 0.475. The Morgan fingerprint density at radius 1 is 1.03 bits per heavy atom. The van der Waals surface area contributed by atoms with Crippen LogP contribution in [0.4, 0.5) is 5.69 Å². The molecule has 1 atom stereocenters. The van der Waals surface area contributed by atoms with Crippen LogP contribution in [0.1, 0.15) is 20.8 Å². The Hall–Kier alpha value is -4.07. The van der Waals surface area contributed by atoms with Gasteiger partial charge >= 0.3 is 0 Å². The van der Waals surface area contributed by atoms with Crippen LogP contribution in [0.3, 0.4) is 0 Å². The lowest BCUT2D eigenvalue weighted by molar-refractivity contribution is 0.0752. The van der Waals surface area contributed by atoms with Gasteiger partial charge < -0.3 is 19.7 Å². The van der Waals surface area contributed by atoms with Crippen LogP contribution in [0.2, 0.25) is 0 Å². The molecule has 0 bridgehead atoms. The highest BCUT2D eigenvalue weighted by Gasteiger charge is 2.55. The number of rotatable bonds is 5. The molecule has 2 fully saturated rings. The maximum absolute atomic E-state index is 13.7. The first-order valence-corrected chi connectivity index (χ1v) is 12.3. The zero-order valence-electron chi connectivity index (χ0n) is 20.6. The third-order valence-electron chi connectivity index (χ3n) is 7.88. The van der Waals surface area contributed by atoms with E-state index < -0.39 is 0 Å². The summed E-state index contributed by atoms with van der Waals surface area (Å²) < 4.78 is 3.61. The first kappa shape index (κ1) is 22.4. The molecular weight excluding hydrogens is 452 g/mol. The Bertz CT molecular complexity index is 1430. The van der Waals surface area contributed by atoms with Crippen LogP contribution in [0.15, 0.2) is 73.1 Å². The average Bonchev–Trinajstić information content (AvgIpc) is 3.57. The molecular formula is C28H30N6O2. The lowest BCUT2D eigenvalue weighted by Gasteiger charge is -2.52. The van der Waals surface area contributed by atoms with Crippen molar-refractivity contribution < 1.29 is 9.59 Å². The van der Waals surface area contributed by atoms with Gasteiger partial charge in [0, 0.05) is 80.9 Å². The number of nitrogens with zero attached hydrogens (tertiary/aromatic N) is 5. The van der Waals surface area contributed by atoms with Crippen LogP contribution in [0.25, 0.3) is 10.9 Å². The second-order valence-electron chi connectivity index (χ2n) is 10.2. The number of aryl methyl sites for hydroxylation is 2. The van der Waals surface area contributed by atoms with Gasteiger partial charge in [-0.05, 0) is 24.3 Å². The summed E-state index contributed by atoms with van der Waals surface area (Å²) in [5, 5.41) is 8.28. The molecule has 8 heteroatoms. The smallest absolute Gasteiger partial charge is 0.270 e. The maximum atomic E-state index is 13.7. The molecule has 2 amide bonds. The minimum absolute atomic E-state index is 0.0484. The number of anilines is 1. The number of benzene rings is 2. The van der Waals surface area contributed by atoms with E-state index in [0.717, 1.165) is 24.0 Å². The van der Waals surface area contributed by atoms with Gasteiger partial charge in [-0.3, -0.25) is 14.3 Å². The average molecular weight is 483 g/mol. The van der Waals surface area contributed by atoms with E-state index in [2.05, 4.69) is 39.6 Å². The van der Waals surface area contributed by atoms with Crippen molar-refractivity contribution in [2.24, 2.45) is 25.4 Å². The predicted octanol–water partition coefficient (Wildman–Crippen LogP) is 2.92. The number of carbonyl (C=O) groups is 2. The molecule has 4 aromatic rings. The molecule has 2 aromatic carbocycles. The summed E-state index contributed by atoms with van der Waals surface area (Å²) in [6.45, 7) is 3.56. The van der Waals surface area contributed by atoms with Crippen molar-refractivity contribution >= 4 is 28.4 Å². The SMILES string of the molecule is Cn1cc(C(=O)NCC2CN(C(=O)c3cc4ccccc4n3C)CC23CN(c2ccccc2)C3)cn1. The minimum atomic E-state index is -0.129. The van der Waals surface area contributed by atoms with Crippen molar-refractivity contribution in [1.29, 1.82) is 0 Å². The normalized spacial score (nSPS) is 18.6. The van der Waals surface area contributed by atoms with E-state index in [1.54, 1.807) is 24.1 Å². The van der Waals surface area contributed by atoms with Crippen LogP contribution < -0.4 is 10.2 Å². The lowest BCUT2D eigenvalue weighted by atomic mass is 9.71. The van der Waals surface area contributed by atoms with E-state index in [4.69, 9.17) is 0 Å². The summed E-state index contributed by atoms with van der Waals surface area (Å²) in [5.41, 5.74) is 3.44. The largest absolute Gasteiger partial charge is 0.370 e. The molecule has 36 heavy (non-hydrogen) atoms. The highest BCUT2D eigenvalue weighted by Crippen LogP contribution is 2.46. The van der Waals surface area contributed by atoms with E-state index in [9.17, 15) is 9.59 Å². The van der Waals surface area contributed by atoms with Gasteiger partial charge in [-0.15, -0.1) is 0 Å². The molecule has 0 radical (unpaired) electrons. The Kier molecular flexibility index (Phi) is 5.32. The number of amides is 2. The lowest BCUT2D eigenvalue weighted by Crippen LogP contribution is -2.62. The summed E-state index contributed by atoms with van der Waals surface area (Å²) >= 11 is 0. The van der Waals surface area contributed by atoms with Crippen molar-refractivity contribution in [3.8, 4) is 0 Å². The Morgan fingerprint density at radius 3 is 2.50 bits per heavy atom. The number of hydrogen-bond donors (Lipinski definition) is 1. The standard InChI is InChI=1S/C28H30N6O2/c1-31-15-21(13-30-31)26(35)29-14-22-16-33(17-28(22)18-34(19-28)23-9-4-3-5-10-23)27(36)25-12-20-8-6-7-11-24(20)32(25)2/h3-13,15,22H,14,16-19H2,1-2H3,(H,29,35). The number of hydrogen-bond acceptors (Lipinski definition) is 4. The van der Waals surface area contributed by atoms with Crippen LogP contribution >= 0.6 is 0 Å². The van der Waals surface area contributed by atoms with E-state index >= 15 is 0 Å². The number of carbonyl (C=O) groups excluding carboxylic acids is 2. The van der Waals surface area contributed by atoms with Gasteiger partial charge in [0.1, 0.15) is 5.69 Å². The fourth-order valence-electron chi connectivity index (χ4n) is 5.88. The zero-order valence-corrected chi connectivity index (χ0v) is 20.6. The van der Waals surface area contributed by atoms with Gasteiger partial charge in [0.15, 0.2) is 0 Å². The molecule has 1 unspecified atom stereocenters. The molecule has 8 nitrogen and oxygen atoms in total.